The van der Waals surface area contributed by atoms with Gasteiger partial charge in [-0.3, -0.25) is 14.8 Å². The minimum absolute atomic E-state index is 0.313. The van der Waals surface area contributed by atoms with E-state index in [1.807, 2.05) is 54.6 Å². The van der Waals surface area contributed by atoms with E-state index in [0.29, 0.717) is 16.4 Å². The lowest BCUT2D eigenvalue weighted by molar-refractivity contribution is 0.102. The van der Waals surface area contributed by atoms with Gasteiger partial charge in [0.15, 0.2) is 5.13 Å². The van der Waals surface area contributed by atoms with E-state index in [1.54, 1.807) is 24.3 Å². The van der Waals surface area contributed by atoms with Crippen LogP contribution in [0.4, 0.5) is 10.8 Å². The van der Waals surface area contributed by atoms with Crippen molar-refractivity contribution in [1.82, 2.24) is 4.98 Å². The molecule has 3 aromatic carbocycles. The third-order valence-corrected chi connectivity index (χ3v) is 6.13. The van der Waals surface area contributed by atoms with Crippen molar-refractivity contribution >= 4 is 54.4 Å². The molecule has 4 rings (SSSR count). The Morgan fingerprint density at radius 2 is 1.60 bits per heavy atom. The third kappa shape index (κ3) is 4.91. The van der Waals surface area contributed by atoms with Crippen LogP contribution >= 0.6 is 11.3 Å². The number of anilines is 2. The summed E-state index contributed by atoms with van der Waals surface area (Å²) in [7, 11) is -3.67. The molecule has 0 aliphatic heterocycles. The number of amides is 1. The van der Waals surface area contributed by atoms with E-state index in [1.165, 1.54) is 17.4 Å². The van der Waals surface area contributed by atoms with E-state index >= 15 is 0 Å². The van der Waals surface area contributed by atoms with Crippen LogP contribution in [-0.2, 0) is 10.0 Å². The first-order valence-electron chi connectivity index (χ1n) is 9.01. The minimum Gasteiger partial charge on any atom is -0.298 e. The van der Waals surface area contributed by atoms with Crippen molar-refractivity contribution in [3.05, 3.63) is 95.4 Å². The molecule has 0 fully saturated rings. The van der Waals surface area contributed by atoms with Crippen LogP contribution in [0.3, 0.4) is 0 Å². The molecule has 0 spiro atoms. The summed E-state index contributed by atoms with van der Waals surface area (Å²) in [5.74, 6) is -0.313. The van der Waals surface area contributed by atoms with Crippen molar-refractivity contribution in [3.63, 3.8) is 0 Å². The number of carbonyl (C=O) groups is 1. The molecular weight excluding hydrogens is 418 g/mol. The van der Waals surface area contributed by atoms with E-state index in [4.69, 9.17) is 0 Å². The molecule has 0 bridgehead atoms. The number of fused-ring (bicyclic) bond motifs is 1. The molecule has 0 aliphatic rings. The summed E-state index contributed by atoms with van der Waals surface area (Å²) in [6.45, 7) is 0. The Hall–Kier alpha value is -3.49. The van der Waals surface area contributed by atoms with E-state index in [0.717, 1.165) is 21.2 Å². The molecule has 8 heteroatoms. The number of carbonyl (C=O) groups excluding carboxylic acids is 1. The van der Waals surface area contributed by atoms with Crippen LogP contribution in [0.5, 0.6) is 0 Å². The molecule has 0 saturated heterocycles. The first kappa shape index (κ1) is 19.8. The minimum atomic E-state index is -3.67. The van der Waals surface area contributed by atoms with Crippen molar-refractivity contribution in [1.29, 1.82) is 0 Å². The molecule has 2 N–H and O–H groups in total. The van der Waals surface area contributed by atoms with E-state index in [2.05, 4.69) is 15.0 Å². The van der Waals surface area contributed by atoms with Gasteiger partial charge in [0.1, 0.15) is 0 Å². The molecule has 0 saturated carbocycles. The highest BCUT2D eigenvalue weighted by Crippen LogP contribution is 2.26. The highest BCUT2D eigenvalue weighted by Gasteiger charge is 2.11. The Morgan fingerprint density at radius 3 is 2.33 bits per heavy atom. The fraction of sp³-hybridized carbons (Fsp3) is 0. The number of aromatic nitrogens is 1. The highest BCUT2D eigenvalue weighted by molar-refractivity contribution is 7.95. The Morgan fingerprint density at radius 1 is 0.900 bits per heavy atom. The zero-order chi connectivity index (χ0) is 21.0. The van der Waals surface area contributed by atoms with Crippen molar-refractivity contribution in [2.45, 2.75) is 0 Å². The van der Waals surface area contributed by atoms with Gasteiger partial charge in [0, 0.05) is 11.3 Å². The summed E-state index contributed by atoms with van der Waals surface area (Å²) in [4.78, 5) is 16.8. The molecule has 150 valence electrons. The third-order valence-electron chi connectivity index (χ3n) is 4.16. The van der Waals surface area contributed by atoms with Crippen molar-refractivity contribution in [2.75, 3.05) is 10.0 Å². The van der Waals surface area contributed by atoms with E-state index in [9.17, 15) is 13.2 Å². The predicted octanol–water partition coefficient (Wildman–Crippen LogP) is 4.96. The van der Waals surface area contributed by atoms with E-state index < -0.39 is 10.0 Å². The zero-order valence-corrected chi connectivity index (χ0v) is 17.3. The summed E-state index contributed by atoms with van der Waals surface area (Å²) in [6, 6.07) is 23.0. The van der Waals surface area contributed by atoms with Gasteiger partial charge in [-0.15, -0.1) is 0 Å². The van der Waals surface area contributed by atoms with Gasteiger partial charge in [-0.2, -0.15) is 0 Å². The Labute approximate surface area is 178 Å². The average molecular weight is 436 g/mol. The first-order chi connectivity index (χ1) is 14.5. The quantitative estimate of drug-likeness (QED) is 0.448. The molecule has 0 unspecified atom stereocenters. The Balaban J connectivity index is 1.41. The average Bonchev–Trinajstić information content (AvgIpc) is 3.15. The number of rotatable bonds is 6. The molecule has 6 nitrogen and oxygen atoms in total. The maximum Gasteiger partial charge on any atom is 0.257 e. The Bertz CT molecular complexity index is 1280. The van der Waals surface area contributed by atoms with Gasteiger partial charge < -0.3 is 0 Å². The maximum absolute atomic E-state index is 12.5. The number of hydrogen-bond donors (Lipinski definition) is 2. The molecular formula is C22H17N3O3S2. The molecule has 0 radical (unpaired) electrons. The summed E-state index contributed by atoms with van der Waals surface area (Å²) in [5.41, 5.74) is 2.37. The topological polar surface area (TPSA) is 88.2 Å². The number of nitrogens with zero attached hydrogens (tertiary/aromatic N) is 1. The summed E-state index contributed by atoms with van der Waals surface area (Å²) in [5, 5.41) is 4.39. The largest absolute Gasteiger partial charge is 0.298 e. The van der Waals surface area contributed by atoms with Crippen molar-refractivity contribution in [3.8, 4) is 0 Å². The predicted molar refractivity (Wildman–Crippen MR) is 122 cm³/mol. The number of nitrogens with one attached hydrogen (secondary N) is 2. The van der Waals surface area contributed by atoms with Gasteiger partial charge in [-0.25, -0.2) is 13.4 Å². The SMILES string of the molecule is O=C(Nc1nc2ccccc2s1)c1ccc(NS(=O)(=O)/C=C/c2ccccc2)cc1. The van der Waals surface area contributed by atoms with Gasteiger partial charge in [0.25, 0.3) is 15.9 Å². The van der Waals surface area contributed by atoms with Crippen LogP contribution in [0.1, 0.15) is 15.9 Å². The first-order valence-corrected chi connectivity index (χ1v) is 11.4. The smallest absolute Gasteiger partial charge is 0.257 e. The van der Waals surface area contributed by atoms with Gasteiger partial charge >= 0.3 is 0 Å². The fourth-order valence-electron chi connectivity index (χ4n) is 2.72. The highest BCUT2D eigenvalue weighted by atomic mass is 32.2. The fourth-order valence-corrected chi connectivity index (χ4v) is 4.45. The molecule has 4 aromatic rings. The van der Waals surface area contributed by atoms with Crippen molar-refractivity contribution < 1.29 is 13.2 Å². The van der Waals surface area contributed by atoms with Gasteiger partial charge in [0.05, 0.1) is 15.6 Å². The van der Waals surface area contributed by atoms with Crippen LogP contribution in [0, 0.1) is 0 Å². The maximum atomic E-state index is 12.5. The molecule has 1 amide bonds. The number of para-hydroxylation sites is 1. The molecule has 1 aromatic heterocycles. The number of hydrogen-bond acceptors (Lipinski definition) is 5. The molecule has 1 heterocycles. The standard InChI is InChI=1S/C22H17N3O3S2/c26-21(24-22-23-19-8-4-5-9-20(19)29-22)17-10-12-18(13-11-17)25-30(27,28)15-14-16-6-2-1-3-7-16/h1-15,25H,(H,23,24,26)/b15-14+. The summed E-state index contributed by atoms with van der Waals surface area (Å²) >= 11 is 1.39. The monoisotopic (exact) mass is 435 g/mol. The van der Waals surface area contributed by atoms with Crippen molar-refractivity contribution in [2.24, 2.45) is 0 Å². The molecule has 30 heavy (non-hydrogen) atoms. The second-order valence-electron chi connectivity index (χ2n) is 6.38. The Kier molecular flexibility index (Phi) is 5.60. The second-order valence-corrected chi connectivity index (χ2v) is 8.98. The zero-order valence-electron chi connectivity index (χ0n) is 15.6. The second kappa shape index (κ2) is 8.48. The molecule has 0 aliphatic carbocycles. The summed E-state index contributed by atoms with van der Waals surface area (Å²) in [6.07, 6.45) is 1.52. The van der Waals surface area contributed by atoms with Crippen LogP contribution in [0.2, 0.25) is 0 Å². The van der Waals surface area contributed by atoms with Crippen LogP contribution in [0.15, 0.2) is 84.3 Å². The van der Waals surface area contributed by atoms with Crippen LogP contribution in [0.25, 0.3) is 16.3 Å². The number of benzene rings is 3. The van der Waals surface area contributed by atoms with Gasteiger partial charge in [-0.05, 0) is 48.0 Å². The summed E-state index contributed by atoms with van der Waals surface area (Å²) < 4.78 is 27.9. The lowest BCUT2D eigenvalue weighted by Crippen LogP contribution is -2.12. The normalized spacial score (nSPS) is 11.6. The number of sulfonamides is 1. The lowest BCUT2D eigenvalue weighted by atomic mass is 10.2. The molecule has 0 atom stereocenters. The van der Waals surface area contributed by atoms with Gasteiger partial charge in [-0.1, -0.05) is 53.8 Å². The van der Waals surface area contributed by atoms with E-state index in [-0.39, 0.29) is 5.91 Å². The van der Waals surface area contributed by atoms with Crippen LogP contribution < -0.4 is 10.0 Å². The lowest BCUT2D eigenvalue weighted by Gasteiger charge is -2.06. The number of thiazole rings is 1. The van der Waals surface area contributed by atoms with Gasteiger partial charge in [0.2, 0.25) is 0 Å². The van der Waals surface area contributed by atoms with Crippen LogP contribution in [-0.4, -0.2) is 19.3 Å².